The van der Waals surface area contributed by atoms with E-state index in [0.29, 0.717) is 5.56 Å². The van der Waals surface area contributed by atoms with Crippen molar-refractivity contribution in [3.63, 3.8) is 0 Å². The number of rotatable bonds is 4. The maximum absolute atomic E-state index is 12.5. The number of benzene rings is 1. The predicted octanol–water partition coefficient (Wildman–Crippen LogP) is 4.97. The molecule has 0 amide bonds. The van der Waals surface area contributed by atoms with Gasteiger partial charge in [0, 0.05) is 6.04 Å². The monoisotopic (exact) mass is 301 g/mol. The molecule has 0 aliphatic rings. The second-order valence-corrected chi connectivity index (χ2v) is 4.39. The first-order valence-corrected chi connectivity index (χ1v) is 5.86. The first-order valence-electron chi connectivity index (χ1n) is 5.48. The lowest BCUT2D eigenvalue weighted by atomic mass is 10.0. The van der Waals surface area contributed by atoms with Gasteiger partial charge in [-0.25, -0.2) is 0 Å². The minimum Gasteiger partial charge on any atom is -0.324 e. The molecule has 2 N–H and O–H groups in total. The molecule has 0 spiro atoms. The number of halogens is 5. The fourth-order valence-electron chi connectivity index (χ4n) is 1.58. The Morgan fingerprint density at radius 2 is 1.94 bits per heavy atom. The van der Waals surface area contributed by atoms with Crippen LogP contribution in [-0.4, -0.2) is 0 Å². The fraction of sp³-hybridized carbons (Fsp3) is 0.500. The van der Waals surface area contributed by atoms with Crippen LogP contribution in [0.4, 0.5) is 13.2 Å². The van der Waals surface area contributed by atoms with Crippen LogP contribution >= 0.6 is 24.0 Å². The average molecular weight is 302 g/mol. The van der Waals surface area contributed by atoms with E-state index in [1.807, 2.05) is 6.92 Å². The molecule has 18 heavy (non-hydrogen) atoms. The summed E-state index contributed by atoms with van der Waals surface area (Å²) in [7, 11) is 0. The van der Waals surface area contributed by atoms with Crippen molar-refractivity contribution in [2.45, 2.75) is 38.4 Å². The molecular formula is C12H16Cl2F3N. The van der Waals surface area contributed by atoms with E-state index in [2.05, 4.69) is 0 Å². The molecule has 104 valence electrons. The van der Waals surface area contributed by atoms with Gasteiger partial charge >= 0.3 is 6.18 Å². The molecule has 6 heteroatoms. The van der Waals surface area contributed by atoms with Gasteiger partial charge in [-0.15, -0.1) is 12.4 Å². The van der Waals surface area contributed by atoms with Crippen LogP contribution in [0.25, 0.3) is 0 Å². The molecule has 1 nitrogen and oxygen atoms in total. The third-order valence-corrected chi connectivity index (χ3v) is 2.91. The fourth-order valence-corrected chi connectivity index (χ4v) is 1.88. The van der Waals surface area contributed by atoms with Gasteiger partial charge in [0.15, 0.2) is 0 Å². The van der Waals surface area contributed by atoms with Crippen LogP contribution in [0.15, 0.2) is 18.2 Å². The number of alkyl halides is 3. The summed E-state index contributed by atoms with van der Waals surface area (Å²) in [5.74, 6) is 0. The molecule has 0 radical (unpaired) electrons. The van der Waals surface area contributed by atoms with E-state index in [0.717, 1.165) is 25.3 Å². The molecule has 0 heterocycles. The highest BCUT2D eigenvalue weighted by Gasteiger charge is 2.33. The van der Waals surface area contributed by atoms with Crippen molar-refractivity contribution >= 4 is 24.0 Å². The summed E-state index contributed by atoms with van der Waals surface area (Å²) in [6, 6.07) is 3.44. The van der Waals surface area contributed by atoms with E-state index in [4.69, 9.17) is 17.3 Å². The van der Waals surface area contributed by atoms with E-state index < -0.39 is 11.7 Å². The van der Waals surface area contributed by atoms with Gasteiger partial charge in [-0.2, -0.15) is 13.2 Å². The highest BCUT2D eigenvalue weighted by Crippen LogP contribution is 2.35. The zero-order valence-electron chi connectivity index (χ0n) is 9.93. The smallest absolute Gasteiger partial charge is 0.324 e. The maximum atomic E-state index is 12.5. The average Bonchev–Trinajstić information content (AvgIpc) is 2.23. The molecule has 1 aromatic carbocycles. The van der Waals surface area contributed by atoms with Crippen molar-refractivity contribution < 1.29 is 13.2 Å². The highest BCUT2D eigenvalue weighted by atomic mass is 35.5. The number of hydrogen-bond acceptors (Lipinski definition) is 1. The normalized spacial score (nSPS) is 13.0. The molecule has 0 fully saturated rings. The van der Waals surface area contributed by atoms with Gasteiger partial charge in [0.1, 0.15) is 0 Å². The largest absolute Gasteiger partial charge is 0.417 e. The van der Waals surface area contributed by atoms with Crippen LogP contribution < -0.4 is 5.73 Å². The quantitative estimate of drug-likeness (QED) is 0.835. The van der Waals surface area contributed by atoms with E-state index in [-0.39, 0.29) is 23.5 Å². The van der Waals surface area contributed by atoms with Gasteiger partial charge < -0.3 is 5.73 Å². The summed E-state index contributed by atoms with van der Waals surface area (Å²) in [5.41, 5.74) is 5.70. The molecule has 1 rings (SSSR count). The first-order chi connectivity index (χ1) is 7.86. The Kier molecular flexibility index (Phi) is 7.04. The second kappa shape index (κ2) is 7.22. The Morgan fingerprint density at radius 1 is 1.33 bits per heavy atom. The number of hydrogen-bond donors (Lipinski definition) is 1. The Hall–Kier alpha value is -0.450. The van der Waals surface area contributed by atoms with Crippen molar-refractivity contribution in [2.24, 2.45) is 5.73 Å². The lowest BCUT2D eigenvalue weighted by Gasteiger charge is -2.14. The third kappa shape index (κ3) is 4.67. The van der Waals surface area contributed by atoms with E-state index in [9.17, 15) is 13.2 Å². The van der Waals surface area contributed by atoms with Gasteiger partial charge in [0.05, 0.1) is 10.6 Å². The van der Waals surface area contributed by atoms with Gasteiger partial charge in [0.25, 0.3) is 0 Å². The number of nitrogens with two attached hydrogens (primary N) is 1. The molecule has 1 atom stereocenters. The summed E-state index contributed by atoms with van der Waals surface area (Å²) in [6.45, 7) is 2.03. The van der Waals surface area contributed by atoms with Crippen molar-refractivity contribution in [1.82, 2.24) is 0 Å². The molecular weight excluding hydrogens is 286 g/mol. The maximum Gasteiger partial charge on any atom is 0.417 e. The molecule has 1 aromatic rings. The highest BCUT2D eigenvalue weighted by molar-refractivity contribution is 6.31. The lowest BCUT2D eigenvalue weighted by Crippen LogP contribution is -2.12. The lowest BCUT2D eigenvalue weighted by molar-refractivity contribution is -0.137. The van der Waals surface area contributed by atoms with E-state index >= 15 is 0 Å². The Bertz CT molecular complexity index is 380. The van der Waals surface area contributed by atoms with Crippen molar-refractivity contribution in [1.29, 1.82) is 0 Å². The summed E-state index contributed by atoms with van der Waals surface area (Å²) in [5, 5.41) is -0.290. The van der Waals surface area contributed by atoms with Crippen LogP contribution in [0.1, 0.15) is 43.4 Å². The SMILES string of the molecule is CCCC[C@@H](N)c1ccc(C(F)(F)F)c(Cl)c1.Cl. The Morgan fingerprint density at radius 3 is 2.39 bits per heavy atom. The van der Waals surface area contributed by atoms with Crippen molar-refractivity contribution in [3.8, 4) is 0 Å². The summed E-state index contributed by atoms with van der Waals surface area (Å²) >= 11 is 5.62. The number of unbranched alkanes of at least 4 members (excludes halogenated alkanes) is 1. The molecule has 0 aliphatic carbocycles. The standard InChI is InChI=1S/C12H15ClF3N.ClH/c1-2-3-4-11(17)8-5-6-9(10(13)7-8)12(14,15)16;/h5-7,11H,2-4,17H2,1H3;1H/t11-;/m1./s1. The molecule has 0 unspecified atom stereocenters. The summed E-state index contributed by atoms with van der Waals surface area (Å²) in [4.78, 5) is 0. The summed E-state index contributed by atoms with van der Waals surface area (Å²) < 4.78 is 37.4. The van der Waals surface area contributed by atoms with Crippen LogP contribution in [0.2, 0.25) is 5.02 Å². The zero-order valence-corrected chi connectivity index (χ0v) is 11.5. The van der Waals surface area contributed by atoms with Gasteiger partial charge in [-0.05, 0) is 24.1 Å². The van der Waals surface area contributed by atoms with Gasteiger partial charge in [0.2, 0.25) is 0 Å². The minimum atomic E-state index is -4.41. The Labute approximate surface area is 116 Å². The molecule has 0 aromatic heterocycles. The van der Waals surface area contributed by atoms with Crippen LogP contribution in [0.3, 0.4) is 0 Å². The van der Waals surface area contributed by atoms with E-state index in [1.165, 1.54) is 12.1 Å². The molecule has 0 saturated carbocycles. The van der Waals surface area contributed by atoms with Crippen LogP contribution in [0, 0.1) is 0 Å². The predicted molar refractivity (Wildman–Crippen MR) is 70.2 cm³/mol. The summed E-state index contributed by atoms with van der Waals surface area (Å²) in [6.07, 6.45) is -1.72. The third-order valence-electron chi connectivity index (χ3n) is 2.60. The second-order valence-electron chi connectivity index (χ2n) is 3.99. The van der Waals surface area contributed by atoms with E-state index in [1.54, 1.807) is 0 Å². The topological polar surface area (TPSA) is 26.0 Å². The van der Waals surface area contributed by atoms with Crippen molar-refractivity contribution in [2.75, 3.05) is 0 Å². The van der Waals surface area contributed by atoms with Crippen molar-refractivity contribution in [3.05, 3.63) is 34.3 Å². The van der Waals surface area contributed by atoms with Crippen LogP contribution in [0.5, 0.6) is 0 Å². The Balaban J connectivity index is 0.00000289. The van der Waals surface area contributed by atoms with Crippen LogP contribution in [-0.2, 0) is 6.18 Å². The first kappa shape index (κ1) is 17.6. The molecule has 0 bridgehead atoms. The minimum absolute atomic E-state index is 0. The molecule has 0 aliphatic heterocycles. The molecule has 0 saturated heterocycles. The van der Waals surface area contributed by atoms with Gasteiger partial charge in [-0.3, -0.25) is 0 Å². The zero-order chi connectivity index (χ0) is 13.1. The van der Waals surface area contributed by atoms with Gasteiger partial charge in [-0.1, -0.05) is 37.4 Å².